The Hall–Kier alpha value is -2.09. The van der Waals surface area contributed by atoms with Gasteiger partial charge in [0.25, 0.3) is 0 Å². The van der Waals surface area contributed by atoms with Crippen molar-refractivity contribution in [1.82, 2.24) is 10.2 Å². The Kier molecular flexibility index (Phi) is 5.99. The molecule has 0 aliphatic carbocycles. The highest BCUT2D eigenvalue weighted by atomic mass is 16.6. The minimum absolute atomic E-state index is 0.213. The van der Waals surface area contributed by atoms with Gasteiger partial charge in [-0.3, -0.25) is 14.5 Å². The predicted molar refractivity (Wildman–Crippen MR) is 86.3 cm³/mol. The second kappa shape index (κ2) is 7.21. The van der Waals surface area contributed by atoms with E-state index in [0.717, 1.165) is 0 Å². The van der Waals surface area contributed by atoms with Gasteiger partial charge in [0, 0.05) is 6.08 Å². The van der Waals surface area contributed by atoms with Crippen LogP contribution in [-0.4, -0.2) is 58.0 Å². The number of hydrogen-bond acceptors (Lipinski definition) is 5. The normalized spacial score (nSPS) is 21.6. The molecule has 0 aromatic carbocycles. The fourth-order valence-electron chi connectivity index (χ4n) is 2.16. The van der Waals surface area contributed by atoms with E-state index in [0.29, 0.717) is 0 Å². The standard InChI is InChI=1S/C16H26N2O6/c1-10(13(20)21)17-12(19)8-7-11-9-23-16(5,6)18(11)14(22)24-15(2,3)4/h7-8,10-11H,9H2,1-6H3,(H,17,19)(H,20,21). The van der Waals surface area contributed by atoms with Gasteiger partial charge in [0.2, 0.25) is 5.91 Å². The van der Waals surface area contributed by atoms with Crippen molar-refractivity contribution in [3.63, 3.8) is 0 Å². The van der Waals surface area contributed by atoms with Crippen molar-refractivity contribution in [2.75, 3.05) is 6.61 Å². The fourth-order valence-corrected chi connectivity index (χ4v) is 2.16. The Bertz CT molecular complexity index is 535. The van der Waals surface area contributed by atoms with Crippen LogP contribution in [0.25, 0.3) is 0 Å². The monoisotopic (exact) mass is 342 g/mol. The van der Waals surface area contributed by atoms with Crippen LogP contribution in [0.5, 0.6) is 0 Å². The summed E-state index contributed by atoms with van der Waals surface area (Å²) < 4.78 is 11.0. The third kappa shape index (κ3) is 5.52. The van der Waals surface area contributed by atoms with Gasteiger partial charge in [-0.1, -0.05) is 6.08 Å². The van der Waals surface area contributed by atoms with Gasteiger partial charge in [0.05, 0.1) is 12.6 Å². The first-order valence-electron chi connectivity index (χ1n) is 7.71. The predicted octanol–water partition coefficient (Wildman–Crippen LogP) is 1.50. The summed E-state index contributed by atoms with van der Waals surface area (Å²) in [4.78, 5) is 36.3. The summed E-state index contributed by atoms with van der Waals surface area (Å²) in [6, 6.07) is -1.49. The van der Waals surface area contributed by atoms with Gasteiger partial charge in [-0.25, -0.2) is 4.79 Å². The molecule has 2 unspecified atom stereocenters. The molecule has 0 aromatic heterocycles. The first-order valence-corrected chi connectivity index (χ1v) is 7.71. The summed E-state index contributed by atoms with van der Waals surface area (Å²) in [5.74, 6) is -1.68. The lowest BCUT2D eigenvalue weighted by molar-refractivity contribution is -0.140. The van der Waals surface area contributed by atoms with Crippen molar-refractivity contribution in [3.8, 4) is 0 Å². The molecule has 2 amide bonds. The quantitative estimate of drug-likeness (QED) is 0.750. The second-order valence-corrected chi connectivity index (χ2v) is 7.10. The average molecular weight is 342 g/mol. The van der Waals surface area contributed by atoms with E-state index in [-0.39, 0.29) is 6.61 Å². The largest absolute Gasteiger partial charge is 0.480 e. The fraction of sp³-hybridized carbons (Fsp3) is 0.688. The molecule has 0 aromatic rings. The summed E-state index contributed by atoms with van der Waals surface area (Å²) in [5.41, 5.74) is -1.53. The highest BCUT2D eigenvalue weighted by Crippen LogP contribution is 2.29. The zero-order chi connectivity index (χ0) is 18.7. The molecule has 2 N–H and O–H groups in total. The molecular formula is C16H26N2O6. The number of hydrogen-bond donors (Lipinski definition) is 2. The van der Waals surface area contributed by atoms with Crippen LogP contribution in [0.3, 0.4) is 0 Å². The second-order valence-electron chi connectivity index (χ2n) is 7.10. The molecule has 0 bridgehead atoms. The lowest BCUT2D eigenvalue weighted by Gasteiger charge is -2.34. The summed E-state index contributed by atoms with van der Waals surface area (Å²) in [6.07, 6.45) is 2.16. The van der Waals surface area contributed by atoms with Crippen LogP contribution in [0.15, 0.2) is 12.2 Å². The van der Waals surface area contributed by atoms with Crippen molar-refractivity contribution in [3.05, 3.63) is 12.2 Å². The van der Waals surface area contributed by atoms with Gasteiger partial charge in [-0.15, -0.1) is 0 Å². The molecule has 1 heterocycles. The zero-order valence-corrected chi connectivity index (χ0v) is 15.0. The molecule has 1 aliphatic heterocycles. The Balaban J connectivity index is 2.82. The first-order chi connectivity index (χ1) is 10.8. The minimum atomic E-state index is -1.13. The number of ether oxygens (including phenoxy) is 2. The van der Waals surface area contributed by atoms with Crippen molar-refractivity contribution < 1.29 is 29.0 Å². The molecule has 1 rings (SSSR count). The highest BCUT2D eigenvalue weighted by molar-refractivity contribution is 5.91. The molecule has 8 nitrogen and oxygen atoms in total. The van der Waals surface area contributed by atoms with Crippen LogP contribution in [0.2, 0.25) is 0 Å². The Morgan fingerprint density at radius 3 is 2.46 bits per heavy atom. The van der Waals surface area contributed by atoms with Gasteiger partial charge in [0.1, 0.15) is 17.4 Å². The number of nitrogens with zero attached hydrogens (tertiary/aromatic N) is 1. The van der Waals surface area contributed by atoms with E-state index >= 15 is 0 Å². The van der Waals surface area contributed by atoms with Crippen LogP contribution >= 0.6 is 0 Å². The number of carboxylic acids is 1. The van der Waals surface area contributed by atoms with Gasteiger partial charge in [-0.05, 0) is 41.5 Å². The third-order valence-corrected chi connectivity index (χ3v) is 3.31. The number of carbonyl (C=O) groups excluding carboxylic acids is 2. The lowest BCUT2D eigenvalue weighted by Crippen LogP contribution is -2.49. The topological polar surface area (TPSA) is 105 Å². The number of nitrogens with one attached hydrogen (secondary N) is 1. The van der Waals surface area contributed by atoms with Gasteiger partial charge < -0.3 is 19.9 Å². The van der Waals surface area contributed by atoms with Crippen molar-refractivity contribution in [2.24, 2.45) is 0 Å². The lowest BCUT2D eigenvalue weighted by atomic mass is 10.2. The van der Waals surface area contributed by atoms with Crippen LogP contribution in [0, 0.1) is 0 Å². The molecule has 1 fully saturated rings. The van der Waals surface area contributed by atoms with E-state index in [1.165, 1.54) is 24.0 Å². The van der Waals surface area contributed by atoms with E-state index in [1.54, 1.807) is 34.6 Å². The molecule has 1 aliphatic rings. The smallest absolute Gasteiger partial charge is 0.413 e. The van der Waals surface area contributed by atoms with Crippen LogP contribution in [0.1, 0.15) is 41.5 Å². The number of rotatable bonds is 4. The van der Waals surface area contributed by atoms with E-state index in [1.807, 2.05) is 0 Å². The third-order valence-electron chi connectivity index (χ3n) is 3.31. The molecule has 24 heavy (non-hydrogen) atoms. The maximum Gasteiger partial charge on any atom is 0.413 e. The SMILES string of the molecule is CC(NC(=O)C=CC1COC(C)(C)N1C(=O)OC(C)(C)C)C(=O)O. The Morgan fingerprint density at radius 1 is 1.38 bits per heavy atom. The van der Waals surface area contributed by atoms with Crippen LogP contribution in [0.4, 0.5) is 4.79 Å². The summed E-state index contributed by atoms with van der Waals surface area (Å²) in [7, 11) is 0. The molecule has 2 atom stereocenters. The Morgan fingerprint density at radius 2 is 1.96 bits per heavy atom. The van der Waals surface area contributed by atoms with Crippen molar-refractivity contribution in [1.29, 1.82) is 0 Å². The molecule has 8 heteroatoms. The molecule has 0 radical (unpaired) electrons. The maximum atomic E-state index is 12.4. The average Bonchev–Trinajstić information content (AvgIpc) is 2.69. The van der Waals surface area contributed by atoms with Gasteiger partial charge >= 0.3 is 12.1 Å². The van der Waals surface area contributed by atoms with E-state index < -0.39 is 41.4 Å². The molecule has 136 valence electrons. The Labute approximate surface area is 141 Å². The van der Waals surface area contributed by atoms with Crippen molar-refractivity contribution in [2.45, 2.75) is 65.0 Å². The molecule has 1 saturated heterocycles. The van der Waals surface area contributed by atoms with Crippen LogP contribution < -0.4 is 5.32 Å². The van der Waals surface area contributed by atoms with E-state index in [9.17, 15) is 14.4 Å². The van der Waals surface area contributed by atoms with Crippen LogP contribution in [-0.2, 0) is 19.1 Å². The minimum Gasteiger partial charge on any atom is -0.480 e. The number of carbonyl (C=O) groups is 3. The van der Waals surface area contributed by atoms with Gasteiger partial charge in [-0.2, -0.15) is 0 Å². The first kappa shape index (κ1) is 20.0. The number of aliphatic carboxylic acids is 1. The summed E-state index contributed by atoms with van der Waals surface area (Å²) >= 11 is 0. The number of carboxylic acid groups (broad SMARTS) is 1. The summed E-state index contributed by atoms with van der Waals surface area (Å²) in [6.45, 7) is 10.3. The van der Waals surface area contributed by atoms with E-state index in [2.05, 4.69) is 5.32 Å². The molecular weight excluding hydrogens is 316 g/mol. The number of amides is 2. The zero-order valence-electron chi connectivity index (χ0n) is 15.0. The molecule has 0 saturated carbocycles. The van der Waals surface area contributed by atoms with E-state index in [4.69, 9.17) is 14.6 Å². The molecule has 0 spiro atoms. The highest BCUT2D eigenvalue weighted by Gasteiger charge is 2.44. The maximum absolute atomic E-state index is 12.4. The summed E-state index contributed by atoms with van der Waals surface area (Å²) in [5, 5.41) is 11.1. The van der Waals surface area contributed by atoms with Crippen molar-refractivity contribution >= 4 is 18.0 Å². The van der Waals surface area contributed by atoms with Gasteiger partial charge in [0.15, 0.2) is 0 Å².